The molecule has 0 bridgehead atoms. The molecule has 4 nitrogen and oxygen atoms in total. The van der Waals surface area contributed by atoms with Gasteiger partial charge in [-0.25, -0.2) is 0 Å². The van der Waals surface area contributed by atoms with Crippen molar-refractivity contribution in [3.05, 3.63) is 0 Å². The summed E-state index contributed by atoms with van der Waals surface area (Å²) in [6.07, 6.45) is 1.73. The zero-order valence-electron chi connectivity index (χ0n) is 8.95. The molecule has 0 amide bonds. The molecule has 0 aromatic carbocycles. The van der Waals surface area contributed by atoms with Crippen molar-refractivity contribution >= 4 is 10.1 Å². The number of nitrogens with zero attached hydrogens (tertiary/aromatic N) is 1. The highest BCUT2D eigenvalue weighted by molar-refractivity contribution is 7.85. The van der Waals surface area contributed by atoms with Crippen molar-refractivity contribution in [1.82, 2.24) is 4.90 Å². The van der Waals surface area contributed by atoms with Crippen molar-refractivity contribution in [2.45, 2.75) is 26.7 Å². The van der Waals surface area contributed by atoms with Gasteiger partial charge in [0.15, 0.2) is 0 Å². The SMILES string of the molecule is CCC.CN(C)CCCS(=O)(=O)O. The van der Waals surface area contributed by atoms with Crippen LogP contribution in [-0.2, 0) is 10.1 Å². The molecule has 0 unspecified atom stereocenters. The summed E-state index contributed by atoms with van der Waals surface area (Å²) in [7, 11) is -0.0441. The maximum Gasteiger partial charge on any atom is 0.264 e. The first-order valence-corrected chi connectivity index (χ1v) is 6.04. The van der Waals surface area contributed by atoms with Crippen LogP contribution in [0.5, 0.6) is 0 Å². The fourth-order valence-electron chi connectivity index (χ4n) is 0.563. The number of rotatable bonds is 4. The summed E-state index contributed by atoms with van der Waals surface area (Å²) in [6.45, 7) is 4.93. The predicted molar refractivity (Wildman–Crippen MR) is 55.6 cm³/mol. The third kappa shape index (κ3) is 24.5. The van der Waals surface area contributed by atoms with Gasteiger partial charge in [-0.1, -0.05) is 20.3 Å². The minimum Gasteiger partial charge on any atom is -0.309 e. The van der Waals surface area contributed by atoms with Crippen LogP contribution in [0.2, 0.25) is 0 Å². The largest absolute Gasteiger partial charge is 0.309 e. The molecule has 0 saturated heterocycles. The number of hydrogen-bond donors (Lipinski definition) is 1. The second-order valence-corrected chi connectivity index (χ2v) is 4.72. The van der Waals surface area contributed by atoms with Gasteiger partial charge in [0.05, 0.1) is 5.75 Å². The van der Waals surface area contributed by atoms with Gasteiger partial charge >= 0.3 is 0 Å². The van der Waals surface area contributed by atoms with Gasteiger partial charge in [0.25, 0.3) is 10.1 Å². The molecule has 0 saturated carbocycles. The van der Waals surface area contributed by atoms with E-state index in [1.807, 2.05) is 19.0 Å². The van der Waals surface area contributed by atoms with Gasteiger partial charge < -0.3 is 4.90 Å². The first-order chi connectivity index (χ1) is 5.83. The fourth-order valence-corrected chi connectivity index (χ4v) is 1.06. The second-order valence-electron chi connectivity index (χ2n) is 3.15. The van der Waals surface area contributed by atoms with Gasteiger partial charge in [-0.3, -0.25) is 4.55 Å². The van der Waals surface area contributed by atoms with Crippen LogP contribution in [-0.4, -0.2) is 44.3 Å². The lowest BCUT2D eigenvalue weighted by Crippen LogP contribution is -2.16. The van der Waals surface area contributed by atoms with Gasteiger partial charge in [-0.2, -0.15) is 8.42 Å². The van der Waals surface area contributed by atoms with E-state index in [-0.39, 0.29) is 5.75 Å². The molecule has 5 heteroatoms. The van der Waals surface area contributed by atoms with Crippen molar-refractivity contribution in [2.24, 2.45) is 0 Å². The third-order valence-electron chi connectivity index (χ3n) is 1.01. The van der Waals surface area contributed by atoms with Crippen LogP contribution in [0.4, 0.5) is 0 Å². The lowest BCUT2D eigenvalue weighted by Gasteiger charge is -2.06. The third-order valence-corrected chi connectivity index (χ3v) is 1.81. The van der Waals surface area contributed by atoms with E-state index in [1.165, 1.54) is 6.42 Å². The molecule has 0 rings (SSSR count). The molecule has 82 valence electrons. The van der Waals surface area contributed by atoms with E-state index >= 15 is 0 Å². The maximum atomic E-state index is 10.1. The summed E-state index contributed by atoms with van der Waals surface area (Å²) in [5.41, 5.74) is 0. The first kappa shape index (κ1) is 15.3. The molecule has 13 heavy (non-hydrogen) atoms. The van der Waals surface area contributed by atoms with E-state index in [1.54, 1.807) is 0 Å². The van der Waals surface area contributed by atoms with E-state index < -0.39 is 10.1 Å². The Balaban J connectivity index is 0. The normalized spacial score (nSPS) is 10.9. The topological polar surface area (TPSA) is 57.6 Å². The first-order valence-electron chi connectivity index (χ1n) is 4.43. The summed E-state index contributed by atoms with van der Waals surface area (Å²) in [5.74, 6) is -0.148. The van der Waals surface area contributed by atoms with Crippen molar-refractivity contribution < 1.29 is 13.0 Å². The number of hydrogen-bond acceptors (Lipinski definition) is 3. The monoisotopic (exact) mass is 211 g/mol. The molecule has 0 heterocycles. The van der Waals surface area contributed by atoms with Crippen LogP contribution in [0, 0.1) is 0 Å². The van der Waals surface area contributed by atoms with Crippen molar-refractivity contribution in [2.75, 3.05) is 26.4 Å². The highest BCUT2D eigenvalue weighted by Gasteiger charge is 2.02. The van der Waals surface area contributed by atoms with E-state index in [2.05, 4.69) is 13.8 Å². The van der Waals surface area contributed by atoms with Crippen LogP contribution < -0.4 is 0 Å². The van der Waals surface area contributed by atoms with Crippen molar-refractivity contribution in [3.63, 3.8) is 0 Å². The molecular weight excluding hydrogens is 190 g/mol. The zero-order valence-corrected chi connectivity index (χ0v) is 9.76. The molecule has 0 spiro atoms. The highest BCUT2D eigenvalue weighted by atomic mass is 32.2. The minimum atomic E-state index is -3.75. The van der Waals surface area contributed by atoms with Crippen LogP contribution >= 0.6 is 0 Å². The summed E-state index contributed by atoms with van der Waals surface area (Å²) >= 11 is 0. The fraction of sp³-hybridized carbons (Fsp3) is 1.00. The van der Waals surface area contributed by atoms with Crippen LogP contribution in [0.15, 0.2) is 0 Å². The Morgan fingerprint density at radius 1 is 1.23 bits per heavy atom. The van der Waals surface area contributed by atoms with Crippen molar-refractivity contribution in [1.29, 1.82) is 0 Å². The molecule has 1 N–H and O–H groups in total. The van der Waals surface area contributed by atoms with Crippen LogP contribution in [0.3, 0.4) is 0 Å². The zero-order chi connectivity index (χ0) is 10.9. The lowest BCUT2D eigenvalue weighted by molar-refractivity contribution is 0.404. The van der Waals surface area contributed by atoms with Gasteiger partial charge in [0.1, 0.15) is 0 Å². The van der Waals surface area contributed by atoms with E-state index in [4.69, 9.17) is 4.55 Å². The Morgan fingerprint density at radius 3 is 1.85 bits per heavy atom. The maximum absolute atomic E-state index is 10.1. The molecule has 0 radical (unpaired) electrons. The lowest BCUT2D eigenvalue weighted by atomic mass is 10.5. The summed E-state index contributed by atoms with van der Waals surface area (Å²) in [4.78, 5) is 1.87. The van der Waals surface area contributed by atoms with E-state index in [9.17, 15) is 8.42 Å². The molecule has 0 aromatic rings. The molecule has 0 aromatic heterocycles. The van der Waals surface area contributed by atoms with E-state index in [0.717, 1.165) is 0 Å². The molecule has 0 aliphatic carbocycles. The Hall–Kier alpha value is -0.130. The standard InChI is InChI=1S/C5H13NO3S.C3H8/c1-6(2)4-3-5-10(7,8)9;1-3-2/h3-5H2,1-2H3,(H,7,8,9);3H2,1-2H3. The second kappa shape index (κ2) is 8.47. The molecule has 0 atom stereocenters. The molecule has 0 fully saturated rings. The minimum absolute atomic E-state index is 0.148. The highest BCUT2D eigenvalue weighted by Crippen LogP contribution is 1.88. The van der Waals surface area contributed by atoms with Crippen molar-refractivity contribution in [3.8, 4) is 0 Å². The van der Waals surface area contributed by atoms with Crippen LogP contribution in [0.1, 0.15) is 26.7 Å². The summed E-state index contributed by atoms with van der Waals surface area (Å²) in [6, 6.07) is 0. The van der Waals surface area contributed by atoms with Gasteiger partial charge in [-0.05, 0) is 27.1 Å². The van der Waals surface area contributed by atoms with Gasteiger partial charge in [0, 0.05) is 0 Å². The Morgan fingerprint density at radius 2 is 1.62 bits per heavy atom. The van der Waals surface area contributed by atoms with Gasteiger partial charge in [-0.15, -0.1) is 0 Å². The quantitative estimate of drug-likeness (QED) is 0.711. The smallest absolute Gasteiger partial charge is 0.264 e. The Labute approximate surface area is 81.7 Å². The average molecular weight is 211 g/mol. The Bertz CT molecular complexity index is 188. The summed E-state index contributed by atoms with van der Waals surface area (Å²) in [5, 5.41) is 0. The van der Waals surface area contributed by atoms with Gasteiger partial charge in [0.2, 0.25) is 0 Å². The van der Waals surface area contributed by atoms with Crippen LogP contribution in [0.25, 0.3) is 0 Å². The average Bonchev–Trinajstić information content (AvgIpc) is 1.84. The molecule has 0 aliphatic rings. The summed E-state index contributed by atoms with van der Waals surface area (Å²) < 4.78 is 28.6. The molecule has 0 aliphatic heterocycles. The predicted octanol–water partition coefficient (Wildman–Crippen LogP) is 1.24. The Kier molecular flexibility index (Phi) is 10.00. The van der Waals surface area contributed by atoms with E-state index in [0.29, 0.717) is 13.0 Å². The molecular formula is C8H21NO3S.